The van der Waals surface area contributed by atoms with Gasteiger partial charge in [0.25, 0.3) is 0 Å². The van der Waals surface area contributed by atoms with Crippen LogP contribution in [0.2, 0.25) is 0 Å². The van der Waals surface area contributed by atoms with Gasteiger partial charge in [0.1, 0.15) is 5.60 Å². The lowest BCUT2D eigenvalue weighted by molar-refractivity contribution is -0.0643. The Labute approximate surface area is 209 Å². The van der Waals surface area contributed by atoms with Crippen molar-refractivity contribution < 1.29 is 33.2 Å². The lowest BCUT2D eigenvalue weighted by Crippen LogP contribution is -2.36. The summed E-state index contributed by atoms with van der Waals surface area (Å²) >= 11 is 0. The number of benzene rings is 2. The van der Waals surface area contributed by atoms with Crippen molar-refractivity contribution in [3.8, 4) is 34.5 Å². The zero-order valence-corrected chi connectivity index (χ0v) is 22.2. The summed E-state index contributed by atoms with van der Waals surface area (Å²) < 4.78 is 41.2. The normalized spacial score (nSPS) is 19.5. The van der Waals surface area contributed by atoms with Crippen LogP contribution in [0, 0.1) is 0 Å². The zero-order valence-electron chi connectivity index (χ0n) is 22.2. The first-order chi connectivity index (χ1) is 16.9. The van der Waals surface area contributed by atoms with Gasteiger partial charge in [0, 0.05) is 23.6 Å². The minimum Gasteiger partial charge on any atom is -0.493 e. The Morgan fingerprint density at radius 1 is 0.743 bits per heavy atom. The third kappa shape index (κ3) is 4.95. The fourth-order valence-electron chi connectivity index (χ4n) is 5.20. The molecule has 1 saturated carbocycles. The van der Waals surface area contributed by atoms with Gasteiger partial charge in [-0.05, 0) is 51.6 Å². The predicted molar refractivity (Wildman–Crippen MR) is 135 cm³/mol. The van der Waals surface area contributed by atoms with E-state index in [1.807, 2.05) is 38.4 Å². The standard InChI is InChI=1S/C27H39NO7/c1-28(2)16-17-35-27(20-12-14-22(30-4)26(34-8)24(20)32-6)15-9-10-19(27)18-11-13-21(29-3)25(33-7)23(18)31-5/h11-14,19H,9-10,15-17H2,1-8H3/t19-,27-/m1/s1. The molecule has 0 radical (unpaired) electrons. The monoisotopic (exact) mass is 489 g/mol. The fourth-order valence-corrected chi connectivity index (χ4v) is 5.20. The van der Waals surface area contributed by atoms with Gasteiger partial charge in [-0.25, -0.2) is 0 Å². The summed E-state index contributed by atoms with van der Waals surface area (Å²) in [6.07, 6.45) is 2.70. The summed E-state index contributed by atoms with van der Waals surface area (Å²) in [6, 6.07) is 7.91. The van der Waals surface area contributed by atoms with E-state index in [0.717, 1.165) is 36.9 Å². The van der Waals surface area contributed by atoms with Crippen LogP contribution in [-0.4, -0.2) is 74.8 Å². The molecule has 0 spiro atoms. The van der Waals surface area contributed by atoms with E-state index < -0.39 is 5.60 Å². The van der Waals surface area contributed by atoms with Crippen LogP contribution in [-0.2, 0) is 10.3 Å². The second kappa shape index (κ2) is 11.7. The molecule has 1 aliphatic carbocycles. The maximum absolute atomic E-state index is 6.85. The molecule has 1 aliphatic rings. The van der Waals surface area contributed by atoms with E-state index in [-0.39, 0.29) is 5.92 Å². The van der Waals surface area contributed by atoms with Crippen molar-refractivity contribution in [2.45, 2.75) is 30.8 Å². The molecule has 2 aromatic rings. The summed E-state index contributed by atoms with van der Waals surface area (Å²) in [5, 5.41) is 0. The number of hydrogen-bond donors (Lipinski definition) is 0. The van der Waals surface area contributed by atoms with E-state index in [0.29, 0.717) is 41.1 Å². The summed E-state index contributed by atoms with van der Waals surface area (Å²) in [5.41, 5.74) is 1.26. The first kappa shape index (κ1) is 26.8. The van der Waals surface area contributed by atoms with Crippen molar-refractivity contribution in [3.05, 3.63) is 35.4 Å². The van der Waals surface area contributed by atoms with Crippen molar-refractivity contribution in [2.75, 3.05) is 69.9 Å². The van der Waals surface area contributed by atoms with E-state index in [1.165, 1.54) is 0 Å². The Morgan fingerprint density at radius 2 is 1.31 bits per heavy atom. The molecule has 0 saturated heterocycles. The molecule has 2 atom stereocenters. The molecule has 194 valence electrons. The quantitative estimate of drug-likeness (QED) is 0.432. The first-order valence-electron chi connectivity index (χ1n) is 11.8. The van der Waals surface area contributed by atoms with Crippen LogP contribution in [0.15, 0.2) is 24.3 Å². The van der Waals surface area contributed by atoms with Gasteiger partial charge < -0.3 is 38.1 Å². The van der Waals surface area contributed by atoms with Gasteiger partial charge >= 0.3 is 0 Å². The Hall–Kier alpha value is -2.84. The highest BCUT2D eigenvalue weighted by Gasteiger charge is 2.50. The Morgan fingerprint density at radius 3 is 1.86 bits per heavy atom. The highest BCUT2D eigenvalue weighted by molar-refractivity contribution is 5.61. The molecule has 0 amide bonds. The molecule has 8 heteroatoms. The van der Waals surface area contributed by atoms with Crippen LogP contribution in [0.3, 0.4) is 0 Å². The largest absolute Gasteiger partial charge is 0.493 e. The van der Waals surface area contributed by atoms with Crippen LogP contribution in [0.1, 0.15) is 36.3 Å². The molecule has 0 unspecified atom stereocenters. The van der Waals surface area contributed by atoms with Gasteiger partial charge in [-0.1, -0.05) is 6.07 Å². The lowest BCUT2D eigenvalue weighted by atomic mass is 9.78. The lowest BCUT2D eigenvalue weighted by Gasteiger charge is -2.39. The maximum Gasteiger partial charge on any atom is 0.203 e. The second-order valence-corrected chi connectivity index (χ2v) is 8.79. The molecular weight excluding hydrogens is 450 g/mol. The molecule has 0 heterocycles. The Bertz CT molecular complexity index is 994. The number of ether oxygens (including phenoxy) is 7. The molecule has 0 aliphatic heterocycles. The van der Waals surface area contributed by atoms with E-state index in [1.54, 1.807) is 42.7 Å². The van der Waals surface area contributed by atoms with E-state index in [2.05, 4.69) is 4.90 Å². The molecule has 35 heavy (non-hydrogen) atoms. The topological polar surface area (TPSA) is 67.9 Å². The third-order valence-corrected chi connectivity index (χ3v) is 6.77. The van der Waals surface area contributed by atoms with Crippen molar-refractivity contribution in [1.82, 2.24) is 4.90 Å². The van der Waals surface area contributed by atoms with Crippen LogP contribution < -0.4 is 28.4 Å². The summed E-state index contributed by atoms with van der Waals surface area (Å²) in [4.78, 5) is 2.11. The minimum absolute atomic E-state index is 0.0218. The fraction of sp³-hybridized carbons (Fsp3) is 0.556. The van der Waals surface area contributed by atoms with Gasteiger partial charge in [0.05, 0.1) is 49.3 Å². The molecule has 0 aromatic heterocycles. The average molecular weight is 490 g/mol. The van der Waals surface area contributed by atoms with Crippen molar-refractivity contribution in [3.63, 3.8) is 0 Å². The number of rotatable bonds is 12. The Kier molecular flexibility index (Phi) is 8.97. The number of nitrogens with zero attached hydrogens (tertiary/aromatic N) is 1. The van der Waals surface area contributed by atoms with Crippen molar-refractivity contribution in [2.24, 2.45) is 0 Å². The van der Waals surface area contributed by atoms with Crippen LogP contribution in [0.5, 0.6) is 34.5 Å². The van der Waals surface area contributed by atoms with Gasteiger partial charge in [-0.3, -0.25) is 0 Å². The molecule has 3 rings (SSSR count). The first-order valence-corrected chi connectivity index (χ1v) is 11.8. The van der Waals surface area contributed by atoms with Gasteiger partial charge in [-0.2, -0.15) is 0 Å². The second-order valence-electron chi connectivity index (χ2n) is 8.79. The summed E-state index contributed by atoms with van der Waals surface area (Å²) in [7, 11) is 13.9. The van der Waals surface area contributed by atoms with E-state index in [4.69, 9.17) is 33.2 Å². The van der Waals surface area contributed by atoms with E-state index in [9.17, 15) is 0 Å². The SMILES string of the molecule is COc1ccc([C@H]2CCC[C@]2(OCCN(C)C)c2ccc(OC)c(OC)c2OC)c(OC)c1OC. The molecular formula is C27H39NO7. The average Bonchev–Trinajstić information content (AvgIpc) is 3.30. The highest BCUT2D eigenvalue weighted by Crippen LogP contribution is 2.59. The van der Waals surface area contributed by atoms with Crippen molar-refractivity contribution >= 4 is 0 Å². The van der Waals surface area contributed by atoms with Gasteiger partial charge in [0.2, 0.25) is 11.5 Å². The predicted octanol–water partition coefficient (Wildman–Crippen LogP) is 4.48. The van der Waals surface area contributed by atoms with Gasteiger partial charge in [-0.15, -0.1) is 0 Å². The van der Waals surface area contributed by atoms with Crippen molar-refractivity contribution in [1.29, 1.82) is 0 Å². The highest BCUT2D eigenvalue weighted by atomic mass is 16.5. The van der Waals surface area contributed by atoms with Crippen LogP contribution in [0.25, 0.3) is 0 Å². The third-order valence-electron chi connectivity index (χ3n) is 6.77. The molecule has 2 aromatic carbocycles. The molecule has 0 N–H and O–H groups in total. The number of hydrogen-bond acceptors (Lipinski definition) is 8. The molecule has 1 fully saturated rings. The van der Waals surface area contributed by atoms with Crippen LogP contribution in [0.4, 0.5) is 0 Å². The van der Waals surface area contributed by atoms with Crippen LogP contribution >= 0.6 is 0 Å². The van der Waals surface area contributed by atoms with E-state index >= 15 is 0 Å². The molecule has 8 nitrogen and oxygen atoms in total. The number of methoxy groups -OCH3 is 6. The Balaban J connectivity index is 2.25. The van der Waals surface area contributed by atoms with Gasteiger partial charge in [0.15, 0.2) is 23.0 Å². The maximum atomic E-state index is 6.85. The molecule has 0 bridgehead atoms. The minimum atomic E-state index is -0.673. The smallest absolute Gasteiger partial charge is 0.203 e. The summed E-state index contributed by atoms with van der Waals surface area (Å²) in [5.74, 6) is 3.59. The summed E-state index contributed by atoms with van der Waals surface area (Å²) in [6.45, 7) is 1.34. The zero-order chi connectivity index (χ0) is 25.6. The number of likely N-dealkylation sites (N-methyl/N-ethyl adjacent to an activating group) is 1.